The fraction of sp³-hybridized carbons (Fsp3) is 0.467. The average Bonchev–Trinajstić information content (AvgIpc) is 2.76. The Bertz CT molecular complexity index is 672. The van der Waals surface area contributed by atoms with Crippen LogP contribution in [0.2, 0.25) is 0 Å². The molecule has 0 aliphatic heterocycles. The van der Waals surface area contributed by atoms with E-state index in [-0.39, 0.29) is 23.7 Å². The van der Waals surface area contributed by atoms with E-state index in [0.29, 0.717) is 6.42 Å². The van der Waals surface area contributed by atoms with Crippen LogP contribution in [0.25, 0.3) is 11.0 Å². The summed E-state index contributed by atoms with van der Waals surface area (Å²) in [4.78, 5) is 28.5. The highest BCUT2D eigenvalue weighted by Gasteiger charge is 2.11. The summed E-state index contributed by atoms with van der Waals surface area (Å²) in [6, 6.07) is 5.64. The van der Waals surface area contributed by atoms with E-state index >= 15 is 0 Å². The lowest BCUT2D eigenvalue weighted by atomic mass is 10.1. The van der Waals surface area contributed by atoms with E-state index in [0.717, 1.165) is 29.4 Å². The number of aromatic nitrogens is 2. The summed E-state index contributed by atoms with van der Waals surface area (Å²) in [6.07, 6.45) is 2.12. The van der Waals surface area contributed by atoms with Crippen molar-refractivity contribution >= 4 is 16.9 Å². The summed E-state index contributed by atoms with van der Waals surface area (Å²) in [7, 11) is 0. The number of hydrogen-bond acceptors (Lipinski definition) is 3. The molecule has 0 aliphatic carbocycles. The van der Waals surface area contributed by atoms with Gasteiger partial charge in [0, 0.05) is 12.5 Å². The van der Waals surface area contributed by atoms with Crippen molar-refractivity contribution in [2.75, 3.05) is 0 Å². The Morgan fingerprint density at radius 2 is 2.00 bits per heavy atom. The summed E-state index contributed by atoms with van der Waals surface area (Å²) >= 11 is 0. The van der Waals surface area contributed by atoms with Crippen molar-refractivity contribution in [1.29, 1.82) is 0 Å². The topological polar surface area (TPSA) is 104 Å². The lowest BCUT2D eigenvalue weighted by Crippen LogP contribution is -2.26. The Morgan fingerprint density at radius 3 is 2.71 bits per heavy atom. The molecule has 6 nitrogen and oxygen atoms in total. The zero-order valence-electron chi connectivity index (χ0n) is 12.4. The summed E-state index contributed by atoms with van der Waals surface area (Å²) < 4.78 is 0. The first-order valence-corrected chi connectivity index (χ1v) is 7.22. The first kappa shape index (κ1) is 15.3. The van der Waals surface area contributed by atoms with Gasteiger partial charge in [-0.25, -0.2) is 4.79 Å². The third-order valence-electron chi connectivity index (χ3n) is 3.48. The smallest absolute Gasteiger partial charge is 0.323 e. The Kier molecular flexibility index (Phi) is 4.80. The van der Waals surface area contributed by atoms with Crippen LogP contribution in [0, 0.1) is 0 Å². The highest BCUT2D eigenvalue weighted by Crippen LogP contribution is 2.17. The molecule has 0 saturated carbocycles. The van der Waals surface area contributed by atoms with Crippen LogP contribution < -0.4 is 16.7 Å². The fourth-order valence-electron chi connectivity index (χ4n) is 2.30. The van der Waals surface area contributed by atoms with Crippen molar-refractivity contribution in [3.63, 3.8) is 0 Å². The normalized spacial score (nSPS) is 14.0. The number of nitrogens with two attached hydrogens (primary N) is 1. The van der Waals surface area contributed by atoms with E-state index in [1.807, 2.05) is 32.0 Å². The SMILES string of the molecule is CC(N)CCCC(=O)NC(C)c1ccc2[nH]c(=O)[nH]c2c1. The number of carbonyl (C=O) groups excluding carboxylic acids is 1. The summed E-state index contributed by atoms with van der Waals surface area (Å²) in [5.74, 6) is 0.0193. The number of rotatable bonds is 6. The number of fused-ring (bicyclic) bond motifs is 1. The Morgan fingerprint density at radius 1 is 1.29 bits per heavy atom. The second-order valence-corrected chi connectivity index (χ2v) is 5.54. The molecule has 6 heteroatoms. The molecular weight excluding hydrogens is 268 g/mol. The van der Waals surface area contributed by atoms with Crippen molar-refractivity contribution in [1.82, 2.24) is 15.3 Å². The maximum absolute atomic E-state index is 11.9. The summed E-state index contributed by atoms with van der Waals surface area (Å²) in [5.41, 5.74) is 7.90. The molecule has 21 heavy (non-hydrogen) atoms. The van der Waals surface area contributed by atoms with Gasteiger partial charge in [0.25, 0.3) is 0 Å². The fourth-order valence-corrected chi connectivity index (χ4v) is 2.30. The largest absolute Gasteiger partial charge is 0.350 e. The number of nitrogens with one attached hydrogen (secondary N) is 3. The minimum absolute atomic E-state index is 0.0193. The first-order valence-electron chi connectivity index (χ1n) is 7.22. The maximum atomic E-state index is 11.9. The minimum Gasteiger partial charge on any atom is -0.350 e. The zero-order valence-corrected chi connectivity index (χ0v) is 12.4. The molecule has 1 heterocycles. The molecule has 0 aliphatic rings. The van der Waals surface area contributed by atoms with E-state index in [1.54, 1.807) is 0 Å². The van der Waals surface area contributed by atoms with Gasteiger partial charge in [-0.1, -0.05) is 6.07 Å². The number of H-pyrrole nitrogens is 2. The van der Waals surface area contributed by atoms with Crippen molar-refractivity contribution in [2.24, 2.45) is 5.73 Å². The third-order valence-corrected chi connectivity index (χ3v) is 3.48. The minimum atomic E-state index is -0.227. The van der Waals surface area contributed by atoms with E-state index in [9.17, 15) is 9.59 Å². The standard InChI is InChI=1S/C15H22N4O2/c1-9(16)4-3-5-14(20)17-10(2)11-6-7-12-13(8-11)19-15(21)18-12/h6-10H,3-5,16H2,1-2H3,(H,17,20)(H2,18,19,21). The van der Waals surface area contributed by atoms with E-state index in [1.165, 1.54) is 0 Å². The molecule has 0 radical (unpaired) electrons. The van der Waals surface area contributed by atoms with Crippen LogP contribution >= 0.6 is 0 Å². The molecule has 1 aromatic carbocycles. The number of benzene rings is 1. The Hall–Kier alpha value is -2.08. The van der Waals surface area contributed by atoms with Gasteiger partial charge >= 0.3 is 5.69 Å². The molecule has 5 N–H and O–H groups in total. The molecular formula is C15H22N4O2. The summed E-state index contributed by atoms with van der Waals surface area (Å²) in [6.45, 7) is 3.86. The van der Waals surface area contributed by atoms with Crippen molar-refractivity contribution in [2.45, 2.75) is 45.2 Å². The van der Waals surface area contributed by atoms with E-state index in [2.05, 4.69) is 15.3 Å². The van der Waals surface area contributed by atoms with Crippen molar-refractivity contribution in [3.8, 4) is 0 Å². The first-order chi connectivity index (χ1) is 9.95. The van der Waals surface area contributed by atoms with Crippen LogP contribution in [0.4, 0.5) is 0 Å². The maximum Gasteiger partial charge on any atom is 0.323 e. The van der Waals surface area contributed by atoms with E-state index in [4.69, 9.17) is 5.73 Å². The van der Waals surface area contributed by atoms with Crippen LogP contribution in [0.1, 0.15) is 44.7 Å². The molecule has 2 unspecified atom stereocenters. The molecule has 1 amide bonds. The van der Waals surface area contributed by atoms with Gasteiger partial charge in [-0.2, -0.15) is 0 Å². The Balaban J connectivity index is 1.96. The summed E-state index contributed by atoms with van der Waals surface area (Å²) in [5, 5.41) is 2.96. The third kappa shape index (κ3) is 4.19. The van der Waals surface area contributed by atoms with Gasteiger partial charge in [0.2, 0.25) is 5.91 Å². The number of imidazole rings is 1. The number of amides is 1. The predicted octanol–water partition coefficient (Wildman–Crippen LogP) is 1.55. The lowest BCUT2D eigenvalue weighted by Gasteiger charge is -2.14. The lowest BCUT2D eigenvalue weighted by molar-refractivity contribution is -0.121. The van der Waals surface area contributed by atoms with Crippen LogP contribution in [0.15, 0.2) is 23.0 Å². The molecule has 1 aromatic heterocycles. The van der Waals surface area contributed by atoms with Gasteiger partial charge in [0.1, 0.15) is 0 Å². The highest BCUT2D eigenvalue weighted by molar-refractivity contribution is 5.77. The predicted molar refractivity (Wildman–Crippen MR) is 83.0 cm³/mol. The number of carbonyl (C=O) groups is 1. The quantitative estimate of drug-likeness (QED) is 0.649. The van der Waals surface area contributed by atoms with Crippen molar-refractivity contribution in [3.05, 3.63) is 34.2 Å². The van der Waals surface area contributed by atoms with Crippen LogP contribution in [0.3, 0.4) is 0 Å². The van der Waals surface area contributed by atoms with Gasteiger partial charge in [-0.05, 0) is 44.4 Å². The van der Waals surface area contributed by atoms with Gasteiger partial charge in [-0.3, -0.25) is 4.79 Å². The molecule has 0 saturated heterocycles. The van der Waals surface area contributed by atoms with Crippen LogP contribution in [-0.2, 0) is 4.79 Å². The van der Waals surface area contributed by atoms with Gasteiger partial charge in [0.15, 0.2) is 0 Å². The monoisotopic (exact) mass is 290 g/mol. The Labute approximate surface area is 123 Å². The van der Waals surface area contributed by atoms with Gasteiger partial charge in [-0.15, -0.1) is 0 Å². The van der Waals surface area contributed by atoms with Crippen molar-refractivity contribution < 1.29 is 4.79 Å². The van der Waals surface area contributed by atoms with Gasteiger partial charge in [0.05, 0.1) is 17.1 Å². The highest BCUT2D eigenvalue weighted by atomic mass is 16.1. The number of hydrogen-bond donors (Lipinski definition) is 4. The zero-order chi connectivity index (χ0) is 15.4. The molecule has 0 fully saturated rings. The average molecular weight is 290 g/mol. The molecule has 2 atom stereocenters. The molecule has 0 spiro atoms. The van der Waals surface area contributed by atoms with Crippen LogP contribution in [-0.4, -0.2) is 21.9 Å². The van der Waals surface area contributed by atoms with E-state index < -0.39 is 0 Å². The van der Waals surface area contributed by atoms with Gasteiger partial charge < -0.3 is 21.0 Å². The second kappa shape index (κ2) is 6.58. The molecule has 2 rings (SSSR count). The van der Waals surface area contributed by atoms with Crippen LogP contribution in [0.5, 0.6) is 0 Å². The number of aromatic amines is 2. The molecule has 114 valence electrons. The molecule has 0 bridgehead atoms. The second-order valence-electron chi connectivity index (χ2n) is 5.54. The molecule has 2 aromatic rings.